The summed E-state index contributed by atoms with van der Waals surface area (Å²) < 4.78 is 21.8. The molecule has 1 heterocycles. The minimum absolute atomic E-state index is 0. The molecule has 27 heavy (non-hydrogen) atoms. The van der Waals surface area contributed by atoms with E-state index in [1.165, 1.54) is 0 Å². The number of guanidine groups is 1. The summed E-state index contributed by atoms with van der Waals surface area (Å²) in [5.41, 5.74) is 1.80. The third kappa shape index (κ3) is 5.65. The van der Waals surface area contributed by atoms with Crippen LogP contribution in [0.5, 0.6) is 17.2 Å². The topological polar surface area (TPSA) is 90.1 Å². The molecule has 0 atom stereocenters. The van der Waals surface area contributed by atoms with E-state index >= 15 is 0 Å². The average Bonchev–Trinajstić information content (AvgIpc) is 2.98. The van der Waals surface area contributed by atoms with Crippen molar-refractivity contribution < 1.29 is 18.6 Å². The Balaban J connectivity index is 0.00000364. The molecular formula is C18H27IN4O4. The van der Waals surface area contributed by atoms with Crippen molar-refractivity contribution in [2.45, 2.75) is 26.9 Å². The van der Waals surface area contributed by atoms with Gasteiger partial charge < -0.3 is 29.3 Å². The maximum absolute atomic E-state index is 5.56. The van der Waals surface area contributed by atoms with Crippen LogP contribution in [0.25, 0.3) is 0 Å². The van der Waals surface area contributed by atoms with Gasteiger partial charge in [0.15, 0.2) is 17.5 Å². The molecule has 0 aliphatic carbocycles. The van der Waals surface area contributed by atoms with Crippen molar-refractivity contribution in [3.05, 3.63) is 35.0 Å². The van der Waals surface area contributed by atoms with E-state index in [0.29, 0.717) is 42.2 Å². The molecule has 8 nitrogen and oxygen atoms in total. The lowest BCUT2D eigenvalue weighted by atomic mass is 10.1. The van der Waals surface area contributed by atoms with Gasteiger partial charge in [-0.05, 0) is 26.0 Å². The minimum Gasteiger partial charge on any atom is -0.493 e. The van der Waals surface area contributed by atoms with Gasteiger partial charge in [-0.15, -0.1) is 24.0 Å². The molecule has 2 aromatic rings. The number of hydrogen-bond donors (Lipinski definition) is 2. The molecule has 9 heteroatoms. The third-order valence-electron chi connectivity index (χ3n) is 3.94. The van der Waals surface area contributed by atoms with E-state index in [0.717, 1.165) is 17.0 Å². The van der Waals surface area contributed by atoms with Crippen LogP contribution in [0.1, 0.15) is 22.9 Å². The fourth-order valence-corrected chi connectivity index (χ4v) is 2.48. The zero-order valence-electron chi connectivity index (χ0n) is 16.5. The number of aryl methyl sites for hydroxylation is 2. The summed E-state index contributed by atoms with van der Waals surface area (Å²) in [5.74, 6) is 3.85. The molecule has 2 rings (SSSR count). The van der Waals surface area contributed by atoms with Crippen molar-refractivity contribution in [3.8, 4) is 17.2 Å². The zero-order valence-corrected chi connectivity index (χ0v) is 18.8. The first-order valence-corrected chi connectivity index (χ1v) is 8.19. The Hall–Kier alpha value is -2.17. The molecule has 0 radical (unpaired) electrons. The number of hydrogen-bond acceptors (Lipinski definition) is 6. The van der Waals surface area contributed by atoms with Crippen molar-refractivity contribution in [2.75, 3.05) is 28.4 Å². The van der Waals surface area contributed by atoms with E-state index < -0.39 is 0 Å². The summed E-state index contributed by atoms with van der Waals surface area (Å²) in [6, 6.07) is 3.76. The van der Waals surface area contributed by atoms with Crippen molar-refractivity contribution in [3.63, 3.8) is 0 Å². The number of aromatic nitrogens is 1. The van der Waals surface area contributed by atoms with Gasteiger partial charge in [-0.3, -0.25) is 4.99 Å². The van der Waals surface area contributed by atoms with E-state index in [4.69, 9.17) is 18.6 Å². The van der Waals surface area contributed by atoms with Crippen molar-refractivity contribution in [1.29, 1.82) is 0 Å². The van der Waals surface area contributed by atoms with Gasteiger partial charge in [0.05, 0.1) is 33.6 Å². The summed E-state index contributed by atoms with van der Waals surface area (Å²) in [6.07, 6.45) is 0. The van der Waals surface area contributed by atoms with Crippen LogP contribution in [0.15, 0.2) is 21.5 Å². The number of aliphatic imine (C=N–C) groups is 1. The lowest BCUT2D eigenvalue weighted by Gasteiger charge is -2.17. The number of benzene rings is 1. The zero-order chi connectivity index (χ0) is 19.1. The first kappa shape index (κ1) is 22.9. The monoisotopic (exact) mass is 490 g/mol. The number of nitrogens with one attached hydrogen (secondary N) is 2. The van der Waals surface area contributed by atoms with Gasteiger partial charge in [-0.25, -0.2) is 4.98 Å². The molecule has 0 aliphatic rings. The predicted octanol–water partition coefficient (Wildman–Crippen LogP) is 2.80. The van der Waals surface area contributed by atoms with Crippen LogP contribution >= 0.6 is 24.0 Å². The molecule has 0 spiro atoms. The van der Waals surface area contributed by atoms with Gasteiger partial charge >= 0.3 is 0 Å². The van der Waals surface area contributed by atoms with E-state index in [9.17, 15) is 0 Å². The van der Waals surface area contributed by atoms with Gasteiger partial charge in [0.2, 0.25) is 11.6 Å². The lowest BCUT2D eigenvalue weighted by Crippen LogP contribution is -2.36. The second kappa shape index (κ2) is 10.9. The Bertz CT molecular complexity index is 757. The molecule has 0 saturated carbocycles. The number of nitrogens with zero attached hydrogens (tertiary/aromatic N) is 2. The van der Waals surface area contributed by atoms with Gasteiger partial charge in [-0.1, -0.05) is 0 Å². The number of oxazole rings is 1. The standard InChI is InChI=1S/C18H26N4O4.HI/c1-11-12(2)26-15(22-11)10-21-18(19-3)20-9-13-7-8-14(23-4)17(25-6)16(13)24-5;/h7-8H,9-10H2,1-6H3,(H2,19,20,21);1H. The van der Waals surface area contributed by atoms with Gasteiger partial charge in [0.1, 0.15) is 5.76 Å². The quantitative estimate of drug-likeness (QED) is 0.351. The van der Waals surface area contributed by atoms with E-state index in [-0.39, 0.29) is 24.0 Å². The molecule has 0 saturated heterocycles. The number of ether oxygens (including phenoxy) is 3. The first-order valence-electron chi connectivity index (χ1n) is 8.19. The Morgan fingerprint density at radius 3 is 2.22 bits per heavy atom. The SMILES string of the molecule is CN=C(NCc1nc(C)c(C)o1)NCc1ccc(OC)c(OC)c1OC.I. The highest BCUT2D eigenvalue weighted by Crippen LogP contribution is 2.39. The molecule has 0 aliphatic heterocycles. The van der Waals surface area contributed by atoms with E-state index in [1.807, 2.05) is 26.0 Å². The fourth-order valence-electron chi connectivity index (χ4n) is 2.48. The molecule has 0 fully saturated rings. The van der Waals surface area contributed by atoms with Gasteiger partial charge in [0, 0.05) is 19.2 Å². The van der Waals surface area contributed by atoms with Crippen LogP contribution in [0.3, 0.4) is 0 Å². The Morgan fingerprint density at radius 1 is 1.04 bits per heavy atom. The summed E-state index contributed by atoms with van der Waals surface area (Å²) in [7, 11) is 6.47. The maximum atomic E-state index is 5.56. The predicted molar refractivity (Wildman–Crippen MR) is 115 cm³/mol. The van der Waals surface area contributed by atoms with Crippen LogP contribution in [-0.4, -0.2) is 39.3 Å². The first-order chi connectivity index (χ1) is 12.5. The summed E-state index contributed by atoms with van der Waals surface area (Å²) in [4.78, 5) is 8.55. The second-order valence-electron chi connectivity index (χ2n) is 5.52. The number of halogens is 1. The summed E-state index contributed by atoms with van der Waals surface area (Å²) in [5, 5.41) is 6.40. The van der Waals surface area contributed by atoms with Gasteiger partial charge in [0.25, 0.3) is 0 Å². The second-order valence-corrected chi connectivity index (χ2v) is 5.52. The van der Waals surface area contributed by atoms with E-state index in [1.54, 1.807) is 28.4 Å². The molecule has 150 valence electrons. The number of methoxy groups -OCH3 is 3. The van der Waals surface area contributed by atoms with Crippen molar-refractivity contribution >= 4 is 29.9 Å². The van der Waals surface area contributed by atoms with Crippen LogP contribution in [0.4, 0.5) is 0 Å². The minimum atomic E-state index is 0. The molecule has 1 aromatic carbocycles. The number of rotatable bonds is 7. The normalized spacial score (nSPS) is 10.8. The Kier molecular flexibility index (Phi) is 9.19. The lowest BCUT2D eigenvalue weighted by molar-refractivity contribution is 0.322. The molecule has 2 N–H and O–H groups in total. The highest BCUT2D eigenvalue weighted by molar-refractivity contribution is 14.0. The molecule has 0 unspecified atom stereocenters. The molecular weight excluding hydrogens is 463 g/mol. The van der Waals surface area contributed by atoms with Crippen LogP contribution in [0, 0.1) is 13.8 Å². The molecule has 0 bridgehead atoms. The van der Waals surface area contributed by atoms with Crippen molar-refractivity contribution in [2.24, 2.45) is 4.99 Å². The summed E-state index contributed by atoms with van der Waals surface area (Å²) in [6.45, 7) is 4.74. The Morgan fingerprint density at radius 2 is 1.70 bits per heavy atom. The largest absolute Gasteiger partial charge is 0.493 e. The van der Waals surface area contributed by atoms with E-state index in [2.05, 4.69) is 20.6 Å². The van der Waals surface area contributed by atoms with Crippen LogP contribution in [0.2, 0.25) is 0 Å². The third-order valence-corrected chi connectivity index (χ3v) is 3.94. The fraction of sp³-hybridized carbons (Fsp3) is 0.444. The smallest absolute Gasteiger partial charge is 0.214 e. The molecule has 0 amide bonds. The van der Waals surface area contributed by atoms with Crippen molar-refractivity contribution in [1.82, 2.24) is 15.6 Å². The highest BCUT2D eigenvalue weighted by atomic mass is 127. The maximum Gasteiger partial charge on any atom is 0.214 e. The highest BCUT2D eigenvalue weighted by Gasteiger charge is 2.16. The Labute approximate surface area is 176 Å². The van der Waals surface area contributed by atoms with Crippen LogP contribution < -0.4 is 24.8 Å². The summed E-state index contributed by atoms with van der Waals surface area (Å²) >= 11 is 0. The average molecular weight is 490 g/mol. The van der Waals surface area contributed by atoms with Crippen LogP contribution in [-0.2, 0) is 13.1 Å². The van der Waals surface area contributed by atoms with Gasteiger partial charge in [-0.2, -0.15) is 0 Å². The molecule has 1 aromatic heterocycles.